The van der Waals surface area contributed by atoms with Crippen molar-refractivity contribution in [3.8, 4) is 0 Å². The third-order valence-electron chi connectivity index (χ3n) is 5.10. The molecule has 7 heteroatoms. The van der Waals surface area contributed by atoms with Crippen LogP contribution in [0.15, 0.2) is 36.4 Å². The van der Waals surface area contributed by atoms with Crippen molar-refractivity contribution in [3.05, 3.63) is 53.1 Å². The molecule has 1 aromatic heterocycles. The van der Waals surface area contributed by atoms with Crippen molar-refractivity contribution < 1.29 is 9.59 Å². The fraction of sp³-hybridized carbons (Fsp3) is 0.286. The second kappa shape index (κ2) is 7.24. The summed E-state index contributed by atoms with van der Waals surface area (Å²) in [6.45, 7) is 6.54. The Hall–Kier alpha value is -2.93. The Morgan fingerprint density at radius 2 is 1.96 bits per heavy atom. The smallest absolute Gasteiger partial charge is 0.321 e. The molecular weight excluding hydrogens is 372 g/mol. The maximum Gasteiger partial charge on any atom is 0.321 e. The largest absolute Gasteiger partial charge is 0.333 e. The lowest BCUT2D eigenvalue weighted by Crippen LogP contribution is -2.39. The number of benzene rings is 2. The summed E-state index contributed by atoms with van der Waals surface area (Å²) in [5.41, 5.74) is 5.19. The van der Waals surface area contributed by atoms with Gasteiger partial charge in [-0.25, -0.2) is 9.78 Å². The van der Waals surface area contributed by atoms with E-state index in [0.717, 1.165) is 27.0 Å². The molecular formula is C21H22N4O2S. The zero-order chi connectivity index (χ0) is 19.8. The Kier molecular flexibility index (Phi) is 4.77. The molecule has 1 saturated heterocycles. The van der Waals surface area contributed by atoms with Gasteiger partial charge in [0.15, 0.2) is 5.13 Å². The molecule has 6 nitrogen and oxygen atoms in total. The van der Waals surface area contributed by atoms with Crippen LogP contribution in [0.5, 0.6) is 0 Å². The van der Waals surface area contributed by atoms with E-state index in [1.165, 1.54) is 16.9 Å². The van der Waals surface area contributed by atoms with Crippen LogP contribution in [-0.2, 0) is 4.79 Å². The molecule has 2 N–H and O–H groups in total. The number of nitrogens with one attached hydrogen (secondary N) is 2. The molecule has 1 aliphatic heterocycles. The second-order valence-corrected chi connectivity index (χ2v) is 8.24. The number of aromatic nitrogens is 1. The van der Waals surface area contributed by atoms with Crippen molar-refractivity contribution in [1.29, 1.82) is 0 Å². The molecule has 2 aromatic carbocycles. The van der Waals surface area contributed by atoms with Crippen LogP contribution in [0.3, 0.4) is 0 Å². The molecule has 0 bridgehead atoms. The summed E-state index contributed by atoms with van der Waals surface area (Å²) in [7, 11) is 0. The van der Waals surface area contributed by atoms with Gasteiger partial charge in [0.25, 0.3) is 0 Å². The first kappa shape index (κ1) is 18.4. The summed E-state index contributed by atoms with van der Waals surface area (Å²) in [4.78, 5) is 31.0. The van der Waals surface area contributed by atoms with Crippen molar-refractivity contribution in [1.82, 2.24) is 10.3 Å². The van der Waals surface area contributed by atoms with Gasteiger partial charge in [-0.1, -0.05) is 29.5 Å². The fourth-order valence-electron chi connectivity index (χ4n) is 3.41. The van der Waals surface area contributed by atoms with E-state index in [-0.39, 0.29) is 18.0 Å². The number of fused-ring (bicyclic) bond motifs is 1. The molecule has 144 valence electrons. The van der Waals surface area contributed by atoms with Gasteiger partial charge in [0.2, 0.25) is 5.91 Å². The first-order chi connectivity index (χ1) is 13.4. The van der Waals surface area contributed by atoms with Crippen LogP contribution < -0.4 is 15.5 Å². The average molecular weight is 395 g/mol. The van der Waals surface area contributed by atoms with Crippen LogP contribution in [-0.4, -0.2) is 29.5 Å². The summed E-state index contributed by atoms with van der Waals surface area (Å²) >= 11 is 1.44. The summed E-state index contributed by atoms with van der Waals surface area (Å²) in [5, 5.41) is 6.25. The van der Waals surface area contributed by atoms with Crippen molar-refractivity contribution in [2.45, 2.75) is 33.2 Å². The molecule has 4 rings (SSSR count). The number of amides is 3. The lowest BCUT2D eigenvalue weighted by Gasteiger charge is -2.18. The van der Waals surface area contributed by atoms with Gasteiger partial charge in [-0.15, -0.1) is 0 Å². The molecule has 0 saturated carbocycles. The molecule has 0 spiro atoms. The van der Waals surface area contributed by atoms with Crippen LogP contribution in [0.2, 0.25) is 0 Å². The fourth-order valence-corrected chi connectivity index (χ4v) is 4.34. The maximum atomic E-state index is 12.4. The molecule has 1 fully saturated rings. The Morgan fingerprint density at radius 3 is 2.71 bits per heavy atom. The predicted molar refractivity (Wildman–Crippen MR) is 113 cm³/mol. The Bertz CT molecular complexity index is 1080. The highest BCUT2D eigenvalue weighted by Crippen LogP contribution is 2.28. The van der Waals surface area contributed by atoms with Gasteiger partial charge in [-0.05, 0) is 55.7 Å². The molecule has 3 amide bonds. The molecule has 2 heterocycles. The Morgan fingerprint density at radius 1 is 1.14 bits per heavy atom. The summed E-state index contributed by atoms with van der Waals surface area (Å²) in [6.07, 6.45) is 0.291. The minimum absolute atomic E-state index is 0.0177. The van der Waals surface area contributed by atoms with Gasteiger partial charge in [0.05, 0.1) is 16.3 Å². The van der Waals surface area contributed by atoms with Crippen LogP contribution in [0.4, 0.5) is 15.6 Å². The van der Waals surface area contributed by atoms with E-state index in [1.807, 2.05) is 57.2 Å². The van der Waals surface area contributed by atoms with Gasteiger partial charge in [0, 0.05) is 18.7 Å². The highest BCUT2D eigenvalue weighted by atomic mass is 32.1. The summed E-state index contributed by atoms with van der Waals surface area (Å²) < 4.78 is 1.03. The highest BCUT2D eigenvalue weighted by molar-refractivity contribution is 7.22. The number of hydrogen-bond donors (Lipinski definition) is 2. The molecule has 28 heavy (non-hydrogen) atoms. The zero-order valence-corrected chi connectivity index (χ0v) is 16.9. The number of para-hydroxylation sites is 1. The molecule has 0 unspecified atom stereocenters. The molecule has 0 aliphatic carbocycles. The van der Waals surface area contributed by atoms with Crippen LogP contribution in [0, 0.1) is 20.8 Å². The summed E-state index contributed by atoms with van der Waals surface area (Å²) in [6, 6.07) is 11.4. The first-order valence-electron chi connectivity index (χ1n) is 9.22. The third kappa shape index (κ3) is 3.57. The van der Waals surface area contributed by atoms with E-state index in [1.54, 1.807) is 4.90 Å². The standard InChI is InChI=1S/C21H22N4O2S/c1-12-7-8-16(9-14(12)3)25-11-15(10-18(25)26)22-20(27)24-21-23-19-13(2)5-4-6-17(19)28-21/h4-9,15H,10-11H2,1-3H3,(H2,22,23,24,27)/t15-/m1/s1. The van der Waals surface area contributed by atoms with E-state index in [4.69, 9.17) is 0 Å². The monoisotopic (exact) mass is 394 g/mol. The number of aryl methyl sites for hydroxylation is 3. The number of hydrogen-bond acceptors (Lipinski definition) is 4. The summed E-state index contributed by atoms with van der Waals surface area (Å²) in [5.74, 6) is 0.0177. The zero-order valence-electron chi connectivity index (χ0n) is 16.1. The van der Waals surface area contributed by atoms with Gasteiger partial charge in [-0.2, -0.15) is 0 Å². The van der Waals surface area contributed by atoms with E-state index < -0.39 is 0 Å². The van der Waals surface area contributed by atoms with Gasteiger partial charge >= 0.3 is 6.03 Å². The molecule has 0 radical (unpaired) electrons. The van der Waals surface area contributed by atoms with E-state index >= 15 is 0 Å². The Balaban J connectivity index is 1.41. The third-order valence-corrected chi connectivity index (χ3v) is 6.04. The lowest BCUT2D eigenvalue weighted by atomic mass is 10.1. The quantitative estimate of drug-likeness (QED) is 0.701. The number of rotatable bonds is 3. The normalized spacial score (nSPS) is 16.6. The minimum Gasteiger partial charge on any atom is -0.333 e. The number of anilines is 2. The SMILES string of the molecule is Cc1ccc(N2C[C@H](NC(=O)Nc3nc4c(C)cccc4s3)CC2=O)cc1C. The van der Waals surface area contributed by atoms with Crippen LogP contribution >= 0.6 is 11.3 Å². The van der Waals surface area contributed by atoms with E-state index in [0.29, 0.717) is 18.1 Å². The minimum atomic E-state index is -0.337. The average Bonchev–Trinajstić information content (AvgIpc) is 3.21. The van der Waals surface area contributed by atoms with Gasteiger partial charge < -0.3 is 10.2 Å². The number of nitrogens with zero attached hydrogens (tertiary/aromatic N) is 2. The van der Waals surface area contributed by atoms with Crippen molar-refractivity contribution in [2.75, 3.05) is 16.8 Å². The highest BCUT2D eigenvalue weighted by Gasteiger charge is 2.31. The molecule has 3 aromatic rings. The predicted octanol–water partition coefficient (Wildman–Crippen LogP) is 4.15. The number of urea groups is 1. The van der Waals surface area contributed by atoms with Crippen LogP contribution in [0.1, 0.15) is 23.1 Å². The van der Waals surface area contributed by atoms with Crippen molar-refractivity contribution in [2.24, 2.45) is 0 Å². The van der Waals surface area contributed by atoms with E-state index in [2.05, 4.69) is 15.6 Å². The van der Waals surface area contributed by atoms with Gasteiger partial charge in [-0.3, -0.25) is 10.1 Å². The lowest BCUT2D eigenvalue weighted by molar-refractivity contribution is -0.117. The van der Waals surface area contributed by atoms with Crippen molar-refractivity contribution in [3.63, 3.8) is 0 Å². The number of carbonyl (C=O) groups excluding carboxylic acids is 2. The van der Waals surface area contributed by atoms with Crippen molar-refractivity contribution >= 4 is 44.3 Å². The maximum absolute atomic E-state index is 12.4. The second-order valence-electron chi connectivity index (χ2n) is 7.21. The molecule has 1 atom stereocenters. The van der Waals surface area contributed by atoms with E-state index in [9.17, 15) is 9.59 Å². The first-order valence-corrected chi connectivity index (χ1v) is 10.0. The number of thiazole rings is 1. The molecule has 1 aliphatic rings. The van der Waals surface area contributed by atoms with Gasteiger partial charge in [0.1, 0.15) is 0 Å². The number of carbonyl (C=O) groups is 2. The Labute approximate surface area is 167 Å². The topological polar surface area (TPSA) is 74.3 Å². The van der Waals surface area contributed by atoms with Crippen LogP contribution in [0.25, 0.3) is 10.2 Å².